The fourth-order valence-electron chi connectivity index (χ4n) is 2.22. The zero-order chi connectivity index (χ0) is 13.8. The molecule has 2 heterocycles. The maximum absolute atomic E-state index is 4.38. The first kappa shape index (κ1) is 12.5. The topological polar surface area (TPSA) is 47.7 Å². The van der Waals surface area contributed by atoms with E-state index in [-0.39, 0.29) is 0 Å². The minimum Gasteiger partial charge on any atom is -0.376 e. The van der Waals surface area contributed by atoms with Crippen molar-refractivity contribution in [2.45, 2.75) is 20.0 Å². The van der Waals surface area contributed by atoms with Gasteiger partial charge in [-0.25, -0.2) is 9.97 Å². The van der Waals surface area contributed by atoms with E-state index in [4.69, 9.17) is 0 Å². The molecule has 0 fully saturated rings. The van der Waals surface area contributed by atoms with Gasteiger partial charge >= 0.3 is 0 Å². The molecule has 0 saturated carbocycles. The molecule has 3 aromatic rings. The predicted molar refractivity (Wildman–Crippen MR) is 78.8 cm³/mol. The molecule has 5 heteroatoms. The van der Waals surface area contributed by atoms with Gasteiger partial charge in [0.05, 0.1) is 24.2 Å². The Kier molecular flexibility index (Phi) is 3.50. The number of para-hydroxylation sites is 2. The molecule has 102 valence electrons. The Morgan fingerprint density at radius 2 is 2.05 bits per heavy atom. The van der Waals surface area contributed by atoms with E-state index >= 15 is 0 Å². The fourth-order valence-corrected chi connectivity index (χ4v) is 2.22. The first-order valence-electron chi connectivity index (χ1n) is 6.69. The first-order chi connectivity index (χ1) is 9.88. The van der Waals surface area contributed by atoms with Crippen molar-refractivity contribution in [2.24, 2.45) is 0 Å². The van der Waals surface area contributed by atoms with Crippen LogP contribution in [0.3, 0.4) is 0 Å². The van der Waals surface area contributed by atoms with Gasteiger partial charge in [-0.2, -0.15) is 0 Å². The first-order valence-corrected chi connectivity index (χ1v) is 6.69. The number of nitrogens with one attached hydrogen (secondary N) is 1. The van der Waals surface area contributed by atoms with Crippen LogP contribution in [0.2, 0.25) is 0 Å². The molecule has 1 aromatic carbocycles. The number of aryl methyl sites for hydroxylation is 1. The van der Waals surface area contributed by atoms with Crippen LogP contribution < -0.4 is 5.32 Å². The lowest BCUT2D eigenvalue weighted by Gasteiger charge is -2.12. The Labute approximate surface area is 117 Å². The monoisotopic (exact) mass is 267 g/mol. The molecule has 0 atom stereocenters. The second kappa shape index (κ2) is 5.61. The molecule has 0 unspecified atom stereocenters. The van der Waals surface area contributed by atoms with E-state index in [1.165, 1.54) is 0 Å². The van der Waals surface area contributed by atoms with E-state index < -0.39 is 0 Å². The normalized spacial score (nSPS) is 10.7. The predicted octanol–water partition coefficient (Wildman–Crippen LogP) is 2.70. The van der Waals surface area contributed by atoms with Crippen LogP contribution in [0, 0.1) is 0 Å². The van der Waals surface area contributed by atoms with Gasteiger partial charge < -0.3 is 14.5 Å². The number of hydrogen-bond acceptors (Lipinski definition) is 3. The Morgan fingerprint density at radius 1 is 1.15 bits per heavy atom. The van der Waals surface area contributed by atoms with Crippen LogP contribution >= 0.6 is 0 Å². The summed E-state index contributed by atoms with van der Waals surface area (Å²) in [5.74, 6) is 1.04. The number of benzene rings is 1. The van der Waals surface area contributed by atoms with Crippen molar-refractivity contribution in [2.75, 3.05) is 5.32 Å². The third-order valence-corrected chi connectivity index (χ3v) is 3.27. The number of rotatable bonds is 5. The van der Waals surface area contributed by atoms with Gasteiger partial charge in [0.25, 0.3) is 0 Å². The molecule has 0 bridgehead atoms. The van der Waals surface area contributed by atoms with Gasteiger partial charge in [0.15, 0.2) is 0 Å². The molecule has 0 amide bonds. The van der Waals surface area contributed by atoms with Crippen molar-refractivity contribution in [3.8, 4) is 5.69 Å². The van der Waals surface area contributed by atoms with Crippen molar-refractivity contribution in [3.63, 3.8) is 0 Å². The van der Waals surface area contributed by atoms with Gasteiger partial charge in [-0.3, -0.25) is 0 Å². The Morgan fingerprint density at radius 3 is 2.85 bits per heavy atom. The average Bonchev–Trinajstić information content (AvgIpc) is 3.16. The van der Waals surface area contributed by atoms with Gasteiger partial charge in [-0.1, -0.05) is 12.1 Å². The highest BCUT2D eigenvalue weighted by Gasteiger charge is 2.05. The quantitative estimate of drug-likeness (QED) is 0.773. The van der Waals surface area contributed by atoms with Crippen LogP contribution in [0.5, 0.6) is 0 Å². The van der Waals surface area contributed by atoms with Gasteiger partial charge in [0, 0.05) is 31.3 Å². The third-order valence-electron chi connectivity index (χ3n) is 3.27. The van der Waals surface area contributed by atoms with E-state index in [1.54, 1.807) is 12.5 Å². The largest absolute Gasteiger partial charge is 0.376 e. The highest BCUT2D eigenvalue weighted by Crippen LogP contribution is 2.20. The minimum absolute atomic E-state index is 0.701. The molecule has 0 aliphatic heterocycles. The molecule has 0 aliphatic carbocycles. The molecule has 0 saturated heterocycles. The van der Waals surface area contributed by atoms with Crippen LogP contribution in [-0.4, -0.2) is 19.1 Å². The summed E-state index contributed by atoms with van der Waals surface area (Å²) in [6.07, 6.45) is 9.35. The summed E-state index contributed by atoms with van der Waals surface area (Å²) in [4.78, 5) is 8.47. The fraction of sp³-hybridized carbons (Fsp3) is 0.200. The summed E-state index contributed by atoms with van der Waals surface area (Å²) in [6, 6.07) is 8.17. The lowest BCUT2D eigenvalue weighted by Crippen LogP contribution is -2.09. The Balaban J connectivity index is 1.81. The lowest BCUT2D eigenvalue weighted by atomic mass is 10.2. The highest BCUT2D eigenvalue weighted by molar-refractivity contribution is 5.60. The van der Waals surface area contributed by atoms with Crippen molar-refractivity contribution in [1.29, 1.82) is 0 Å². The molecular formula is C15H17N5. The van der Waals surface area contributed by atoms with Gasteiger partial charge in [-0.05, 0) is 19.1 Å². The number of nitrogens with zero attached hydrogens (tertiary/aromatic N) is 4. The second-order valence-corrected chi connectivity index (χ2v) is 4.47. The van der Waals surface area contributed by atoms with Crippen molar-refractivity contribution in [3.05, 3.63) is 61.2 Å². The standard InChI is InChI=1S/C15H17N5/c1-2-19-10-8-17-15(19)11-18-13-5-3-4-6-14(13)20-9-7-16-12-20/h3-10,12,18H,2,11H2,1H3. The average molecular weight is 267 g/mol. The molecule has 5 nitrogen and oxygen atoms in total. The number of hydrogen-bond donors (Lipinski definition) is 1. The van der Waals surface area contributed by atoms with Crippen LogP contribution in [0.25, 0.3) is 5.69 Å². The maximum Gasteiger partial charge on any atom is 0.128 e. The summed E-state index contributed by atoms with van der Waals surface area (Å²) in [6.45, 7) is 3.75. The summed E-state index contributed by atoms with van der Waals surface area (Å²) < 4.78 is 4.13. The molecule has 20 heavy (non-hydrogen) atoms. The zero-order valence-electron chi connectivity index (χ0n) is 11.4. The number of imidazole rings is 2. The van der Waals surface area contributed by atoms with Crippen LogP contribution in [0.4, 0.5) is 5.69 Å². The number of anilines is 1. The highest BCUT2D eigenvalue weighted by atomic mass is 15.1. The van der Waals surface area contributed by atoms with Crippen molar-refractivity contribution in [1.82, 2.24) is 19.1 Å². The van der Waals surface area contributed by atoms with E-state index in [9.17, 15) is 0 Å². The van der Waals surface area contributed by atoms with Gasteiger partial charge in [0.1, 0.15) is 5.82 Å². The smallest absolute Gasteiger partial charge is 0.128 e. The van der Waals surface area contributed by atoms with Crippen molar-refractivity contribution >= 4 is 5.69 Å². The third kappa shape index (κ3) is 2.42. The van der Waals surface area contributed by atoms with Crippen LogP contribution in [0.1, 0.15) is 12.7 Å². The zero-order valence-corrected chi connectivity index (χ0v) is 11.4. The molecule has 0 radical (unpaired) electrons. The van der Waals surface area contributed by atoms with Crippen molar-refractivity contribution < 1.29 is 0 Å². The molecule has 0 spiro atoms. The van der Waals surface area contributed by atoms with E-state index in [0.717, 1.165) is 23.7 Å². The van der Waals surface area contributed by atoms with Gasteiger partial charge in [0.2, 0.25) is 0 Å². The second-order valence-electron chi connectivity index (χ2n) is 4.47. The Bertz CT molecular complexity index is 669. The SMILES string of the molecule is CCn1ccnc1CNc1ccccc1-n1ccnc1. The molecular weight excluding hydrogens is 250 g/mol. The molecule has 1 N–H and O–H groups in total. The molecule has 2 aromatic heterocycles. The Hall–Kier alpha value is -2.56. The summed E-state index contributed by atoms with van der Waals surface area (Å²) in [5.41, 5.74) is 2.15. The van der Waals surface area contributed by atoms with E-state index in [1.807, 2.05) is 35.3 Å². The molecule has 0 aliphatic rings. The van der Waals surface area contributed by atoms with E-state index in [2.05, 4.69) is 38.9 Å². The molecule has 3 rings (SSSR count). The lowest BCUT2D eigenvalue weighted by molar-refractivity contribution is 0.708. The number of aromatic nitrogens is 4. The summed E-state index contributed by atoms with van der Waals surface area (Å²) in [7, 11) is 0. The summed E-state index contributed by atoms with van der Waals surface area (Å²) in [5, 5.41) is 3.45. The van der Waals surface area contributed by atoms with E-state index in [0.29, 0.717) is 6.54 Å². The van der Waals surface area contributed by atoms with Crippen LogP contribution in [0.15, 0.2) is 55.4 Å². The van der Waals surface area contributed by atoms with Crippen LogP contribution in [-0.2, 0) is 13.1 Å². The van der Waals surface area contributed by atoms with Gasteiger partial charge in [-0.15, -0.1) is 0 Å². The summed E-state index contributed by atoms with van der Waals surface area (Å²) >= 11 is 0. The minimum atomic E-state index is 0.701. The maximum atomic E-state index is 4.38.